The largest absolute Gasteiger partial charge is 0.507 e. The molecule has 6 heteroatoms. The molecule has 0 spiro atoms. The van der Waals surface area contributed by atoms with Crippen molar-refractivity contribution in [3.8, 4) is 17.6 Å². The quantitative estimate of drug-likeness (QED) is 0.671. The van der Waals surface area contributed by atoms with Gasteiger partial charge in [-0.1, -0.05) is 12.1 Å². The van der Waals surface area contributed by atoms with Crippen molar-refractivity contribution in [3.05, 3.63) is 59.4 Å². The minimum absolute atomic E-state index is 0.0300. The molecule has 5 nitrogen and oxygen atoms in total. The number of hydrogen-bond acceptors (Lipinski definition) is 4. The van der Waals surface area contributed by atoms with Crippen LogP contribution >= 0.6 is 0 Å². The summed E-state index contributed by atoms with van der Waals surface area (Å²) in [5.41, 5.74) is -0.0302. The van der Waals surface area contributed by atoms with Crippen LogP contribution in [0.15, 0.2) is 48.0 Å². The standard InChI is InChI=1S/C17H13FN2O3/c1-23-13-7-6-11(16(21)9-13)8-12(10-19)17(22)20-15-5-3-2-4-14(15)18/h2-9,21H,1H3,(H,20,22)/b12-8+. The molecule has 2 aromatic carbocycles. The lowest BCUT2D eigenvalue weighted by atomic mass is 10.1. The Hall–Kier alpha value is -3.33. The van der Waals surface area contributed by atoms with Gasteiger partial charge >= 0.3 is 0 Å². The van der Waals surface area contributed by atoms with Gasteiger partial charge in [-0.05, 0) is 30.3 Å². The lowest BCUT2D eigenvalue weighted by Gasteiger charge is -2.06. The van der Waals surface area contributed by atoms with Crippen molar-refractivity contribution < 1.29 is 19.0 Å². The minimum Gasteiger partial charge on any atom is -0.507 e. The molecule has 0 aliphatic heterocycles. The first-order valence-electron chi connectivity index (χ1n) is 6.60. The lowest BCUT2D eigenvalue weighted by Crippen LogP contribution is -2.14. The Labute approximate surface area is 132 Å². The number of nitrogens with one attached hydrogen (secondary N) is 1. The molecule has 0 aromatic heterocycles. The van der Waals surface area contributed by atoms with Crippen LogP contribution in [-0.2, 0) is 4.79 Å². The second-order valence-electron chi connectivity index (χ2n) is 4.53. The number of nitrogens with zero attached hydrogens (tertiary/aromatic N) is 1. The molecule has 0 aliphatic rings. The van der Waals surface area contributed by atoms with Crippen LogP contribution in [-0.4, -0.2) is 18.1 Å². The number of nitriles is 1. The van der Waals surface area contributed by atoms with E-state index in [9.17, 15) is 14.3 Å². The zero-order valence-corrected chi connectivity index (χ0v) is 12.2. The minimum atomic E-state index is -0.771. The molecule has 1 amide bonds. The number of ether oxygens (including phenoxy) is 1. The summed E-state index contributed by atoms with van der Waals surface area (Å²) >= 11 is 0. The number of halogens is 1. The summed E-state index contributed by atoms with van der Waals surface area (Å²) in [5, 5.41) is 21.3. The van der Waals surface area contributed by atoms with E-state index in [1.165, 1.54) is 43.5 Å². The normalized spacial score (nSPS) is 10.7. The third-order valence-corrected chi connectivity index (χ3v) is 3.02. The monoisotopic (exact) mass is 312 g/mol. The van der Waals surface area contributed by atoms with E-state index in [0.29, 0.717) is 5.75 Å². The predicted octanol–water partition coefficient (Wildman–Crippen LogP) is 3.09. The summed E-state index contributed by atoms with van der Waals surface area (Å²) < 4.78 is 18.5. The third kappa shape index (κ3) is 3.86. The SMILES string of the molecule is COc1ccc(/C=C(\C#N)C(=O)Nc2ccccc2F)c(O)c1. The molecule has 23 heavy (non-hydrogen) atoms. The van der Waals surface area contributed by atoms with Gasteiger partial charge in [-0.2, -0.15) is 5.26 Å². The van der Waals surface area contributed by atoms with E-state index < -0.39 is 11.7 Å². The number of phenols is 1. The second kappa shape index (κ2) is 7.09. The molecule has 2 N–H and O–H groups in total. The van der Waals surface area contributed by atoms with Gasteiger partial charge < -0.3 is 15.2 Å². The summed E-state index contributed by atoms with van der Waals surface area (Å²) in [6.45, 7) is 0. The highest BCUT2D eigenvalue weighted by Crippen LogP contribution is 2.25. The number of carbonyl (C=O) groups is 1. The fourth-order valence-electron chi connectivity index (χ4n) is 1.83. The Morgan fingerprint density at radius 3 is 2.70 bits per heavy atom. The molecule has 0 fully saturated rings. The van der Waals surface area contributed by atoms with Crippen molar-refractivity contribution in [1.82, 2.24) is 0 Å². The zero-order chi connectivity index (χ0) is 16.8. The summed E-state index contributed by atoms with van der Waals surface area (Å²) in [5.74, 6) is -1.08. The van der Waals surface area contributed by atoms with Crippen molar-refractivity contribution in [3.63, 3.8) is 0 Å². The molecule has 0 radical (unpaired) electrons. The molecule has 0 bridgehead atoms. The molecule has 0 heterocycles. The molecule has 0 unspecified atom stereocenters. The fraction of sp³-hybridized carbons (Fsp3) is 0.0588. The van der Waals surface area contributed by atoms with E-state index in [1.54, 1.807) is 18.2 Å². The van der Waals surface area contributed by atoms with Gasteiger partial charge in [0.15, 0.2) is 0 Å². The molecule has 2 aromatic rings. The van der Waals surface area contributed by atoms with E-state index in [-0.39, 0.29) is 22.6 Å². The number of hydrogen-bond donors (Lipinski definition) is 2. The van der Waals surface area contributed by atoms with Crippen LogP contribution in [0.1, 0.15) is 5.56 Å². The molecule has 116 valence electrons. The average molecular weight is 312 g/mol. The van der Waals surface area contributed by atoms with Crippen molar-refractivity contribution in [2.45, 2.75) is 0 Å². The highest BCUT2D eigenvalue weighted by molar-refractivity contribution is 6.09. The molecule has 0 atom stereocenters. The van der Waals surface area contributed by atoms with Crippen LogP contribution in [0, 0.1) is 17.1 Å². The van der Waals surface area contributed by atoms with Crippen LogP contribution in [0.25, 0.3) is 6.08 Å². The first kappa shape index (κ1) is 16.0. The third-order valence-electron chi connectivity index (χ3n) is 3.02. The Bertz CT molecular complexity index is 810. The van der Waals surface area contributed by atoms with Crippen LogP contribution in [0.3, 0.4) is 0 Å². The summed E-state index contributed by atoms with van der Waals surface area (Å²) in [6.07, 6.45) is 1.21. The molecule has 0 aliphatic carbocycles. The van der Waals surface area contributed by atoms with Crippen LogP contribution in [0.5, 0.6) is 11.5 Å². The Kier molecular flexibility index (Phi) is 4.95. The summed E-state index contributed by atoms with van der Waals surface area (Å²) in [7, 11) is 1.45. The number of phenolic OH excluding ortho intramolecular Hbond substituents is 1. The average Bonchev–Trinajstić information content (AvgIpc) is 2.55. The van der Waals surface area contributed by atoms with Crippen molar-refractivity contribution in [2.24, 2.45) is 0 Å². The molecular formula is C17H13FN2O3. The van der Waals surface area contributed by atoms with Crippen LogP contribution in [0.4, 0.5) is 10.1 Å². The van der Waals surface area contributed by atoms with Crippen LogP contribution in [0.2, 0.25) is 0 Å². The number of benzene rings is 2. The number of aromatic hydroxyl groups is 1. The van der Waals surface area contributed by atoms with E-state index in [1.807, 2.05) is 0 Å². The number of amides is 1. The van der Waals surface area contributed by atoms with Gasteiger partial charge in [-0.25, -0.2) is 4.39 Å². The van der Waals surface area contributed by atoms with Gasteiger partial charge in [0.05, 0.1) is 12.8 Å². The molecular weight excluding hydrogens is 299 g/mol. The van der Waals surface area contributed by atoms with Crippen molar-refractivity contribution in [2.75, 3.05) is 12.4 Å². The van der Waals surface area contributed by atoms with E-state index in [2.05, 4.69) is 5.32 Å². The Morgan fingerprint density at radius 2 is 2.09 bits per heavy atom. The van der Waals surface area contributed by atoms with Gasteiger partial charge in [0.1, 0.15) is 29.0 Å². The number of rotatable bonds is 4. The number of carbonyl (C=O) groups excluding carboxylic acids is 1. The number of anilines is 1. The zero-order valence-electron chi connectivity index (χ0n) is 12.2. The molecule has 0 saturated heterocycles. The second-order valence-corrected chi connectivity index (χ2v) is 4.53. The van der Waals surface area contributed by atoms with Gasteiger partial charge in [-0.3, -0.25) is 4.79 Å². The predicted molar refractivity (Wildman–Crippen MR) is 83.3 cm³/mol. The fourth-order valence-corrected chi connectivity index (χ4v) is 1.83. The smallest absolute Gasteiger partial charge is 0.266 e. The van der Waals surface area contributed by atoms with Gasteiger partial charge in [0.2, 0.25) is 0 Å². The first-order chi connectivity index (χ1) is 11.0. The van der Waals surface area contributed by atoms with Crippen LogP contribution < -0.4 is 10.1 Å². The van der Waals surface area contributed by atoms with E-state index in [4.69, 9.17) is 10.00 Å². The molecule has 2 rings (SSSR count). The maximum absolute atomic E-state index is 13.5. The molecule has 0 saturated carbocycles. The van der Waals surface area contributed by atoms with Gasteiger partial charge in [0.25, 0.3) is 5.91 Å². The van der Waals surface area contributed by atoms with E-state index in [0.717, 1.165) is 0 Å². The highest BCUT2D eigenvalue weighted by Gasteiger charge is 2.13. The Balaban J connectivity index is 2.27. The summed E-state index contributed by atoms with van der Waals surface area (Å²) in [4.78, 5) is 12.1. The Morgan fingerprint density at radius 1 is 1.35 bits per heavy atom. The topological polar surface area (TPSA) is 82.3 Å². The first-order valence-corrected chi connectivity index (χ1v) is 6.60. The number of methoxy groups -OCH3 is 1. The summed E-state index contributed by atoms with van der Waals surface area (Å²) in [6, 6.07) is 11.8. The van der Waals surface area contributed by atoms with Gasteiger partial charge in [0, 0.05) is 11.6 Å². The number of para-hydroxylation sites is 1. The van der Waals surface area contributed by atoms with Crippen molar-refractivity contribution in [1.29, 1.82) is 5.26 Å². The highest BCUT2D eigenvalue weighted by atomic mass is 19.1. The van der Waals surface area contributed by atoms with Crippen molar-refractivity contribution >= 4 is 17.7 Å². The lowest BCUT2D eigenvalue weighted by molar-refractivity contribution is -0.112. The maximum Gasteiger partial charge on any atom is 0.266 e. The van der Waals surface area contributed by atoms with Gasteiger partial charge in [-0.15, -0.1) is 0 Å². The van der Waals surface area contributed by atoms with E-state index >= 15 is 0 Å². The maximum atomic E-state index is 13.5.